The topological polar surface area (TPSA) is 15.3 Å². The second-order valence-electron chi connectivity index (χ2n) is 5.97. The molecule has 0 spiro atoms. The fourth-order valence-electron chi connectivity index (χ4n) is 2.41. The molecule has 1 N–H and O–H groups in total. The molecule has 17 heavy (non-hydrogen) atoms. The lowest BCUT2D eigenvalue weighted by Crippen LogP contribution is -2.60. The van der Waals surface area contributed by atoms with Gasteiger partial charge in [0.2, 0.25) is 0 Å². The fourth-order valence-corrected chi connectivity index (χ4v) is 3.49. The van der Waals surface area contributed by atoms with Gasteiger partial charge in [0.25, 0.3) is 0 Å². The van der Waals surface area contributed by atoms with Gasteiger partial charge in [-0.05, 0) is 46.2 Å². The molecule has 1 saturated heterocycles. The van der Waals surface area contributed by atoms with Crippen molar-refractivity contribution in [1.82, 2.24) is 10.2 Å². The highest BCUT2D eigenvalue weighted by molar-refractivity contribution is 7.12. The minimum Gasteiger partial charge on any atom is -0.309 e. The Morgan fingerprint density at radius 3 is 2.76 bits per heavy atom. The predicted octanol–water partition coefficient (Wildman–Crippen LogP) is 2.94. The summed E-state index contributed by atoms with van der Waals surface area (Å²) in [4.78, 5) is 5.56. The molecule has 96 valence electrons. The maximum atomic E-state index is 3.60. The average molecular weight is 252 g/mol. The smallest absolute Gasteiger partial charge is 0.0332 e. The van der Waals surface area contributed by atoms with Crippen molar-refractivity contribution in [3.8, 4) is 0 Å². The van der Waals surface area contributed by atoms with E-state index in [1.165, 1.54) is 15.3 Å². The molecule has 2 nitrogen and oxygen atoms in total. The van der Waals surface area contributed by atoms with Gasteiger partial charge in [-0.1, -0.05) is 0 Å². The molecule has 3 heteroatoms. The van der Waals surface area contributed by atoms with Crippen LogP contribution in [0.3, 0.4) is 0 Å². The molecule has 1 aromatic heterocycles. The second kappa shape index (κ2) is 4.71. The van der Waals surface area contributed by atoms with Gasteiger partial charge in [-0.2, -0.15) is 0 Å². The Morgan fingerprint density at radius 2 is 2.18 bits per heavy atom. The molecule has 2 heterocycles. The first-order valence-corrected chi connectivity index (χ1v) is 7.24. The summed E-state index contributed by atoms with van der Waals surface area (Å²) in [6, 6.07) is 2.98. The van der Waals surface area contributed by atoms with E-state index in [-0.39, 0.29) is 5.54 Å². The van der Waals surface area contributed by atoms with Crippen molar-refractivity contribution in [2.75, 3.05) is 13.1 Å². The number of rotatable bonds is 2. The van der Waals surface area contributed by atoms with E-state index in [4.69, 9.17) is 0 Å². The normalized spacial score (nSPS) is 25.1. The Kier molecular flexibility index (Phi) is 3.62. The van der Waals surface area contributed by atoms with Crippen LogP contribution in [0.25, 0.3) is 0 Å². The number of hydrogen-bond donors (Lipinski definition) is 1. The molecule has 1 aliphatic rings. The largest absolute Gasteiger partial charge is 0.309 e. The van der Waals surface area contributed by atoms with Crippen LogP contribution < -0.4 is 5.32 Å². The summed E-state index contributed by atoms with van der Waals surface area (Å²) in [5.41, 5.74) is 1.68. The highest BCUT2D eigenvalue weighted by Crippen LogP contribution is 2.24. The number of nitrogens with one attached hydrogen (secondary N) is 1. The second-order valence-corrected chi connectivity index (χ2v) is 7.31. The third-order valence-electron chi connectivity index (χ3n) is 3.67. The first-order valence-electron chi connectivity index (χ1n) is 6.42. The van der Waals surface area contributed by atoms with E-state index in [0.717, 1.165) is 19.6 Å². The monoisotopic (exact) mass is 252 g/mol. The Hall–Kier alpha value is -0.380. The Labute approximate surface area is 109 Å². The molecule has 0 aromatic carbocycles. The number of hydrogen-bond acceptors (Lipinski definition) is 3. The van der Waals surface area contributed by atoms with Crippen molar-refractivity contribution in [2.24, 2.45) is 0 Å². The number of aryl methyl sites for hydroxylation is 2. The zero-order valence-corrected chi connectivity index (χ0v) is 12.4. The van der Waals surface area contributed by atoms with E-state index in [2.05, 4.69) is 50.9 Å². The minimum absolute atomic E-state index is 0.244. The summed E-state index contributed by atoms with van der Waals surface area (Å²) in [6.07, 6.45) is 0. The number of nitrogens with zero attached hydrogens (tertiary/aromatic N) is 1. The first-order chi connectivity index (χ1) is 7.87. The lowest BCUT2D eigenvalue weighted by atomic mass is 9.99. The van der Waals surface area contributed by atoms with Crippen LogP contribution in [-0.4, -0.2) is 29.6 Å². The van der Waals surface area contributed by atoms with Gasteiger partial charge in [0, 0.05) is 41.0 Å². The van der Waals surface area contributed by atoms with Gasteiger partial charge in [0.15, 0.2) is 0 Å². The van der Waals surface area contributed by atoms with E-state index in [0.29, 0.717) is 6.04 Å². The third kappa shape index (κ3) is 3.09. The van der Waals surface area contributed by atoms with Gasteiger partial charge in [0.1, 0.15) is 0 Å². The van der Waals surface area contributed by atoms with Crippen LogP contribution >= 0.6 is 11.3 Å². The SMILES string of the molecule is Cc1cc(CN2CC(C)(C)NCC2C)sc1C. The predicted molar refractivity (Wildman–Crippen MR) is 75.7 cm³/mol. The summed E-state index contributed by atoms with van der Waals surface area (Å²) >= 11 is 1.95. The van der Waals surface area contributed by atoms with Crippen LogP contribution in [0.2, 0.25) is 0 Å². The van der Waals surface area contributed by atoms with Gasteiger partial charge in [-0.15, -0.1) is 11.3 Å². The van der Waals surface area contributed by atoms with Crippen molar-refractivity contribution in [2.45, 2.75) is 52.7 Å². The Morgan fingerprint density at radius 1 is 1.47 bits per heavy atom. The lowest BCUT2D eigenvalue weighted by Gasteiger charge is -2.43. The van der Waals surface area contributed by atoms with E-state index < -0.39 is 0 Å². The summed E-state index contributed by atoms with van der Waals surface area (Å²) in [5, 5.41) is 3.60. The van der Waals surface area contributed by atoms with Crippen molar-refractivity contribution in [1.29, 1.82) is 0 Å². The maximum absolute atomic E-state index is 3.60. The van der Waals surface area contributed by atoms with E-state index in [1.807, 2.05) is 11.3 Å². The van der Waals surface area contributed by atoms with Crippen LogP contribution in [0, 0.1) is 13.8 Å². The molecule has 0 saturated carbocycles. The fraction of sp³-hybridized carbons (Fsp3) is 0.714. The summed E-state index contributed by atoms with van der Waals surface area (Å²) in [7, 11) is 0. The molecule has 1 fully saturated rings. The lowest BCUT2D eigenvalue weighted by molar-refractivity contribution is 0.0988. The van der Waals surface area contributed by atoms with Crippen LogP contribution in [0.4, 0.5) is 0 Å². The minimum atomic E-state index is 0.244. The average Bonchev–Trinajstić information content (AvgIpc) is 2.52. The van der Waals surface area contributed by atoms with Crippen molar-refractivity contribution < 1.29 is 0 Å². The van der Waals surface area contributed by atoms with Crippen molar-refractivity contribution in [3.63, 3.8) is 0 Å². The zero-order chi connectivity index (χ0) is 12.6. The highest BCUT2D eigenvalue weighted by Gasteiger charge is 2.30. The highest BCUT2D eigenvalue weighted by atomic mass is 32.1. The van der Waals surface area contributed by atoms with Gasteiger partial charge in [-0.3, -0.25) is 4.90 Å². The van der Waals surface area contributed by atoms with Crippen molar-refractivity contribution in [3.05, 3.63) is 21.4 Å². The molecular weight excluding hydrogens is 228 g/mol. The van der Waals surface area contributed by atoms with Crippen LogP contribution in [0.1, 0.15) is 36.1 Å². The summed E-state index contributed by atoms with van der Waals surface area (Å²) < 4.78 is 0. The van der Waals surface area contributed by atoms with E-state index in [1.54, 1.807) is 0 Å². The van der Waals surface area contributed by atoms with E-state index >= 15 is 0 Å². The van der Waals surface area contributed by atoms with Gasteiger partial charge < -0.3 is 5.32 Å². The third-order valence-corrected chi connectivity index (χ3v) is 4.81. The van der Waals surface area contributed by atoms with Gasteiger partial charge in [0.05, 0.1) is 0 Å². The summed E-state index contributed by atoms with van der Waals surface area (Å²) in [6.45, 7) is 14.6. The number of piperazine rings is 1. The zero-order valence-electron chi connectivity index (χ0n) is 11.6. The van der Waals surface area contributed by atoms with Gasteiger partial charge >= 0.3 is 0 Å². The number of thiophene rings is 1. The standard InChI is InChI=1S/C14H24N2S/c1-10-6-13(17-12(10)3)8-16-9-14(4,5)15-7-11(16)2/h6,11,15H,7-9H2,1-5H3. The van der Waals surface area contributed by atoms with E-state index in [9.17, 15) is 0 Å². The Balaban J connectivity index is 2.06. The molecule has 1 unspecified atom stereocenters. The molecular formula is C14H24N2S. The molecule has 1 aliphatic heterocycles. The van der Waals surface area contributed by atoms with Gasteiger partial charge in [-0.25, -0.2) is 0 Å². The molecule has 1 atom stereocenters. The van der Waals surface area contributed by atoms with Crippen LogP contribution in [0.15, 0.2) is 6.07 Å². The Bertz CT molecular complexity index is 375. The van der Waals surface area contributed by atoms with Crippen molar-refractivity contribution >= 4 is 11.3 Å². The summed E-state index contributed by atoms with van der Waals surface area (Å²) in [5.74, 6) is 0. The first kappa shape index (κ1) is 13.1. The molecule has 0 radical (unpaired) electrons. The quantitative estimate of drug-likeness (QED) is 0.870. The molecule has 0 aliphatic carbocycles. The molecule has 2 rings (SSSR count). The molecule has 1 aromatic rings. The molecule has 0 amide bonds. The van der Waals surface area contributed by atoms with Crippen LogP contribution in [-0.2, 0) is 6.54 Å². The molecule has 0 bridgehead atoms. The maximum Gasteiger partial charge on any atom is 0.0332 e. The van der Waals surface area contributed by atoms with Crippen LogP contribution in [0.5, 0.6) is 0 Å².